The molecule has 1 unspecified atom stereocenters. The molecule has 1 saturated carbocycles. The number of nitrogens with two attached hydrogens (primary N) is 1. The van der Waals surface area contributed by atoms with Gasteiger partial charge in [0.15, 0.2) is 0 Å². The molecular weight excluding hydrogens is 338 g/mol. The number of benzene rings is 1. The maximum absolute atomic E-state index is 12.5. The van der Waals surface area contributed by atoms with E-state index in [0.29, 0.717) is 19.0 Å². The predicted molar refractivity (Wildman–Crippen MR) is 109 cm³/mol. The lowest BCUT2D eigenvalue weighted by Gasteiger charge is -2.38. The van der Waals surface area contributed by atoms with Gasteiger partial charge in [-0.1, -0.05) is 37.1 Å². The average Bonchev–Trinajstić information content (AvgIpc) is 3.42. The Hall–Kier alpha value is -1.59. The maximum Gasteiger partial charge on any atom is 0.410 e. The summed E-state index contributed by atoms with van der Waals surface area (Å²) in [5.41, 5.74) is 8.05. The molecule has 2 fully saturated rings. The van der Waals surface area contributed by atoms with Gasteiger partial charge in [-0.25, -0.2) is 4.79 Å². The molecule has 1 aromatic rings. The van der Waals surface area contributed by atoms with Crippen LogP contribution in [0, 0.1) is 5.92 Å². The first-order valence-electron chi connectivity index (χ1n) is 10.3. The summed E-state index contributed by atoms with van der Waals surface area (Å²) in [6.45, 7) is 9.97. The fourth-order valence-electron chi connectivity index (χ4n) is 3.83. The summed E-state index contributed by atoms with van der Waals surface area (Å²) in [6, 6.07) is 9.05. The first-order valence-corrected chi connectivity index (χ1v) is 10.3. The van der Waals surface area contributed by atoms with Crippen LogP contribution in [0.5, 0.6) is 0 Å². The van der Waals surface area contributed by atoms with E-state index in [1.54, 1.807) is 0 Å². The third-order valence-electron chi connectivity index (χ3n) is 5.52. The van der Waals surface area contributed by atoms with E-state index in [-0.39, 0.29) is 18.2 Å². The van der Waals surface area contributed by atoms with Gasteiger partial charge in [0.2, 0.25) is 0 Å². The van der Waals surface area contributed by atoms with Gasteiger partial charge in [-0.2, -0.15) is 0 Å². The topological polar surface area (TPSA) is 67.6 Å². The fourth-order valence-corrected chi connectivity index (χ4v) is 3.83. The van der Waals surface area contributed by atoms with Crippen molar-refractivity contribution in [2.24, 2.45) is 11.7 Å². The number of carbonyl (C=O) groups excluding carboxylic acids is 1. The minimum absolute atomic E-state index is 0.0522. The van der Waals surface area contributed by atoms with Crippen LogP contribution in [0.3, 0.4) is 0 Å². The third-order valence-corrected chi connectivity index (χ3v) is 5.52. The van der Waals surface area contributed by atoms with E-state index in [1.165, 1.54) is 24.8 Å². The van der Waals surface area contributed by atoms with Gasteiger partial charge >= 0.3 is 6.09 Å². The first kappa shape index (κ1) is 20.2. The van der Waals surface area contributed by atoms with Crippen molar-refractivity contribution in [1.82, 2.24) is 10.2 Å². The van der Waals surface area contributed by atoms with Crippen molar-refractivity contribution in [1.29, 1.82) is 0 Å². The molecule has 5 nitrogen and oxygen atoms in total. The van der Waals surface area contributed by atoms with E-state index in [9.17, 15) is 4.79 Å². The second-order valence-corrected chi connectivity index (χ2v) is 9.23. The Morgan fingerprint density at radius 1 is 1.26 bits per heavy atom. The number of amides is 1. The molecule has 1 aliphatic heterocycles. The second kappa shape index (κ2) is 8.19. The predicted octanol–water partition coefficient (Wildman–Crippen LogP) is 3.80. The van der Waals surface area contributed by atoms with Crippen molar-refractivity contribution in [3.63, 3.8) is 0 Å². The van der Waals surface area contributed by atoms with Crippen molar-refractivity contribution in [2.75, 3.05) is 19.6 Å². The number of ether oxygens (including phenoxy) is 1. The van der Waals surface area contributed by atoms with E-state index in [0.717, 1.165) is 18.0 Å². The molecular formula is C22H35N3O2. The van der Waals surface area contributed by atoms with Crippen LogP contribution < -0.4 is 11.1 Å². The normalized spacial score (nSPS) is 23.0. The zero-order chi connectivity index (χ0) is 19.6. The van der Waals surface area contributed by atoms with Crippen LogP contribution in [-0.4, -0.2) is 42.3 Å². The summed E-state index contributed by atoms with van der Waals surface area (Å²) in [6.07, 6.45) is 3.64. The Kier molecular flexibility index (Phi) is 6.11. The van der Waals surface area contributed by atoms with Gasteiger partial charge in [0.05, 0.1) is 0 Å². The van der Waals surface area contributed by atoms with Crippen LogP contribution in [0.15, 0.2) is 24.3 Å². The minimum atomic E-state index is -0.459. The molecule has 0 spiro atoms. The van der Waals surface area contributed by atoms with E-state index in [4.69, 9.17) is 10.5 Å². The van der Waals surface area contributed by atoms with Crippen molar-refractivity contribution in [3.8, 4) is 0 Å². The molecule has 3 atom stereocenters. The molecule has 1 saturated heterocycles. The number of piperazine rings is 1. The van der Waals surface area contributed by atoms with Gasteiger partial charge in [0, 0.05) is 37.6 Å². The van der Waals surface area contributed by atoms with Gasteiger partial charge in [-0.05, 0) is 51.2 Å². The highest BCUT2D eigenvalue weighted by atomic mass is 16.6. The number of hydrogen-bond donors (Lipinski definition) is 2. The molecule has 0 bridgehead atoms. The van der Waals surface area contributed by atoms with Crippen LogP contribution in [-0.2, 0) is 4.74 Å². The lowest BCUT2D eigenvalue weighted by molar-refractivity contribution is 0.0184. The zero-order valence-electron chi connectivity index (χ0n) is 17.2. The van der Waals surface area contributed by atoms with Crippen molar-refractivity contribution in [2.45, 2.75) is 70.6 Å². The van der Waals surface area contributed by atoms with E-state index >= 15 is 0 Å². The van der Waals surface area contributed by atoms with Crippen LogP contribution >= 0.6 is 0 Å². The number of hydrogen-bond acceptors (Lipinski definition) is 4. The smallest absolute Gasteiger partial charge is 0.410 e. The summed E-state index contributed by atoms with van der Waals surface area (Å²) in [5.74, 6) is 1.23. The highest BCUT2D eigenvalue weighted by molar-refractivity contribution is 5.68. The van der Waals surface area contributed by atoms with Crippen LogP contribution in [0.2, 0.25) is 0 Å². The van der Waals surface area contributed by atoms with Crippen LogP contribution in [0.25, 0.3) is 0 Å². The van der Waals surface area contributed by atoms with Crippen LogP contribution in [0.4, 0.5) is 4.79 Å². The van der Waals surface area contributed by atoms with Crippen molar-refractivity contribution >= 4 is 6.09 Å². The quantitative estimate of drug-likeness (QED) is 0.824. The highest BCUT2D eigenvalue weighted by Gasteiger charge is 2.35. The van der Waals surface area contributed by atoms with Gasteiger partial charge in [0.25, 0.3) is 0 Å². The average molecular weight is 374 g/mol. The van der Waals surface area contributed by atoms with E-state index in [2.05, 4.69) is 29.6 Å². The monoisotopic (exact) mass is 373 g/mol. The molecule has 1 aromatic carbocycles. The summed E-state index contributed by atoms with van der Waals surface area (Å²) >= 11 is 0. The van der Waals surface area contributed by atoms with Gasteiger partial charge < -0.3 is 20.7 Å². The van der Waals surface area contributed by atoms with Crippen LogP contribution in [0.1, 0.15) is 70.0 Å². The Bertz CT molecular complexity index is 632. The van der Waals surface area contributed by atoms with Crippen molar-refractivity contribution < 1.29 is 9.53 Å². The maximum atomic E-state index is 12.5. The lowest BCUT2D eigenvalue weighted by Crippen LogP contribution is -2.55. The Morgan fingerprint density at radius 2 is 1.89 bits per heavy atom. The van der Waals surface area contributed by atoms with Gasteiger partial charge in [0.1, 0.15) is 5.60 Å². The fraction of sp³-hybridized carbons (Fsp3) is 0.682. The summed E-state index contributed by atoms with van der Waals surface area (Å²) in [5, 5.41) is 3.66. The largest absolute Gasteiger partial charge is 0.444 e. The Morgan fingerprint density at radius 3 is 2.44 bits per heavy atom. The number of nitrogens with one attached hydrogen (secondary N) is 1. The lowest BCUT2D eigenvalue weighted by atomic mass is 9.85. The molecule has 27 heavy (non-hydrogen) atoms. The molecule has 5 heteroatoms. The summed E-state index contributed by atoms with van der Waals surface area (Å²) in [4.78, 5) is 14.4. The summed E-state index contributed by atoms with van der Waals surface area (Å²) in [7, 11) is 0. The molecule has 1 amide bonds. The number of carbonyl (C=O) groups is 1. The zero-order valence-corrected chi connectivity index (χ0v) is 17.2. The molecule has 3 rings (SSSR count). The third kappa shape index (κ3) is 5.69. The SMILES string of the molecule is C[C@H](N)c1ccc([C@@H](CC2CC2)C2CN(C(=O)OC(C)(C)C)CCN2)cc1. The molecule has 1 aliphatic carbocycles. The highest BCUT2D eigenvalue weighted by Crippen LogP contribution is 2.40. The minimum Gasteiger partial charge on any atom is -0.444 e. The summed E-state index contributed by atoms with van der Waals surface area (Å²) < 4.78 is 5.59. The number of nitrogens with zero attached hydrogens (tertiary/aromatic N) is 1. The van der Waals surface area contributed by atoms with Gasteiger partial charge in [-0.3, -0.25) is 0 Å². The molecule has 2 aliphatic rings. The van der Waals surface area contributed by atoms with E-state index in [1.807, 2.05) is 32.6 Å². The first-order chi connectivity index (χ1) is 12.7. The molecule has 0 aromatic heterocycles. The van der Waals surface area contributed by atoms with Crippen molar-refractivity contribution in [3.05, 3.63) is 35.4 Å². The molecule has 0 radical (unpaired) electrons. The molecule has 3 N–H and O–H groups in total. The number of rotatable bonds is 5. The Labute approximate surface area is 163 Å². The van der Waals surface area contributed by atoms with Gasteiger partial charge in [-0.15, -0.1) is 0 Å². The molecule has 1 heterocycles. The second-order valence-electron chi connectivity index (χ2n) is 9.23. The standard InChI is InChI=1S/C22H35N3O2/c1-15(23)17-7-9-18(10-8-17)19(13-16-5-6-16)20-14-25(12-11-24-20)21(26)27-22(2,3)4/h7-10,15-16,19-20,24H,5-6,11-14,23H2,1-4H3/t15-,19+,20?/m0/s1. The van der Waals surface area contributed by atoms with E-state index < -0.39 is 5.60 Å². The Balaban J connectivity index is 1.73. The molecule has 150 valence electrons.